The maximum atomic E-state index is 12.6. The summed E-state index contributed by atoms with van der Waals surface area (Å²) in [4.78, 5) is 12.6. The van der Waals surface area contributed by atoms with E-state index in [9.17, 15) is 4.79 Å². The highest BCUT2D eigenvalue weighted by atomic mass is 16.7. The topological polar surface area (TPSA) is 67.1 Å². The molecule has 2 heterocycles. The zero-order valence-corrected chi connectivity index (χ0v) is 18.1. The van der Waals surface area contributed by atoms with Crippen LogP contribution in [0.25, 0.3) is 22.3 Å². The van der Waals surface area contributed by atoms with Crippen LogP contribution in [0.3, 0.4) is 0 Å². The van der Waals surface area contributed by atoms with Gasteiger partial charge in [0.05, 0.1) is 30.8 Å². The van der Waals surface area contributed by atoms with Crippen LogP contribution >= 0.6 is 0 Å². The second kappa shape index (κ2) is 7.18. The number of rotatable bonds is 4. The molecule has 3 aromatic rings. The van der Waals surface area contributed by atoms with E-state index in [0.29, 0.717) is 28.2 Å². The monoisotopic (exact) mass is 408 g/mol. The van der Waals surface area contributed by atoms with Gasteiger partial charge in [-0.1, -0.05) is 0 Å². The Bertz CT molecular complexity index is 1150. The van der Waals surface area contributed by atoms with E-state index >= 15 is 0 Å². The summed E-state index contributed by atoms with van der Waals surface area (Å²) in [5, 5.41) is 0.499. The van der Waals surface area contributed by atoms with Crippen LogP contribution in [0.2, 0.25) is 0 Å². The summed E-state index contributed by atoms with van der Waals surface area (Å²) in [6.07, 6.45) is 0. The van der Waals surface area contributed by atoms with Gasteiger partial charge in [-0.15, -0.1) is 0 Å². The summed E-state index contributed by atoms with van der Waals surface area (Å²) < 4.78 is 29.2. The fourth-order valence-electron chi connectivity index (χ4n) is 3.45. The summed E-state index contributed by atoms with van der Waals surface area (Å²) in [7, 11) is 2.58. The Morgan fingerprint density at radius 3 is 2.20 bits per heavy atom. The highest BCUT2D eigenvalue weighted by Crippen LogP contribution is 2.37. The molecule has 1 aliphatic heterocycles. The van der Waals surface area contributed by atoms with Gasteiger partial charge in [0.15, 0.2) is 5.43 Å². The van der Waals surface area contributed by atoms with Gasteiger partial charge in [-0.25, -0.2) is 0 Å². The SMILES string of the molecule is COc1ccc2c(=O)cc(-c3ccc(OC)c(B4OC(C)(C)C(C)(C)O4)c3)oc2c1. The lowest BCUT2D eigenvalue weighted by molar-refractivity contribution is 0.00578. The quantitative estimate of drug-likeness (QED) is 0.613. The molecule has 0 bridgehead atoms. The number of fused-ring (bicyclic) bond motifs is 1. The number of methoxy groups -OCH3 is 2. The summed E-state index contributed by atoms with van der Waals surface area (Å²) in [5.74, 6) is 1.71. The maximum absolute atomic E-state index is 12.6. The van der Waals surface area contributed by atoms with Gasteiger partial charge in [0.25, 0.3) is 0 Å². The molecule has 7 heteroatoms. The number of ether oxygens (including phenoxy) is 2. The van der Waals surface area contributed by atoms with E-state index in [4.69, 9.17) is 23.2 Å². The average Bonchev–Trinajstić information content (AvgIpc) is 2.94. The molecule has 1 saturated heterocycles. The molecule has 0 spiro atoms. The Morgan fingerprint density at radius 2 is 1.57 bits per heavy atom. The van der Waals surface area contributed by atoms with Crippen LogP contribution in [-0.2, 0) is 9.31 Å². The highest BCUT2D eigenvalue weighted by Gasteiger charge is 2.52. The van der Waals surface area contributed by atoms with Gasteiger partial charge in [0.1, 0.15) is 22.8 Å². The molecule has 156 valence electrons. The molecule has 1 fully saturated rings. The standard InChI is InChI=1S/C23H25BO6/c1-22(2)23(3,4)30-24(29-22)17-11-14(7-10-19(17)27-6)20-13-18(25)16-9-8-15(26-5)12-21(16)28-20/h7-13H,1-6H3. The summed E-state index contributed by atoms with van der Waals surface area (Å²) >= 11 is 0. The van der Waals surface area contributed by atoms with Gasteiger partial charge in [0, 0.05) is 23.2 Å². The van der Waals surface area contributed by atoms with E-state index in [-0.39, 0.29) is 5.43 Å². The van der Waals surface area contributed by atoms with E-state index in [1.165, 1.54) is 6.07 Å². The van der Waals surface area contributed by atoms with Gasteiger partial charge in [0.2, 0.25) is 0 Å². The average molecular weight is 408 g/mol. The normalized spacial score (nSPS) is 17.3. The third kappa shape index (κ3) is 3.38. The first-order valence-corrected chi connectivity index (χ1v) is 9.81. The lowest BCUT2D eigenvalue weighted by Gasteiger charge is -2.32. The van der Waals surface area contributed by atoms with Crippen LogP contribution in [0.5, 0.6) is 11.5 Å². The van der Waals surface area contributed by atoms with Gasteiger partial charge < -0.3 is 23.2 Å². The summed E-state index contributed by atoms with van der Waals surface area (Å²) in [6, 6.07) is 12.2. The van der Waals surface area contributed by atoms with Crippen LogP contribution in [0.4, 0.5) is 0 Å². The van der Waals surface area contributed by atoms with Gasteiger partial charge >= 0.3 is 7.12 Å². The van der Waals surface area contributed by atoms with Crippen LogP contribution in [0.15, 0.2) is 51.7 Å². The predicted molar refractivity (Wildman–Crippen MR) is 117 cm³/mol. The fraction of sp³-hybridized carbons (Fsp3) is 0.348. The number of hydrogen-bond acceptors (Lipinski definition) is 6. The van der Waals surface area contributed by atoms with E-state index in [1.54, 1.807) is 32.4 Å². The van der Waals surface area contributed by atoms with Crippen molar-refractivity contribution in [3.05, 3.63) is 52.7 Å². The van der Waals surface area contributed by atoms with Crippen molar-refractivity contribution in [1.82, 2.24) is 0 Å². The van der Waals surface area contributed by atoms with Crippen molar-refractivity contribution in [2.24, 2.45) is 0 Å². The Hall–Kier alpha value is -2.77. The second-order valence-electron chi connectivity index (χ2n) is 8.38. The second-order valence-corrected chi connectivity index (χ2v) is 8.38. The molecule has 0 radical (unpaired) electrons. The molecule has 0 unspecified atom stereocenters. The van der Waals surface area contributed by atoms with Crippen LogP contribution in [0.1, 0.15) is 27.7 Å². The molecule has 30 heavy (non-hydrogen) atoms. The highest BCUT2D eigenvalue weighted by molar-refractivity contribution is 6.63. The Balaban J connectivity index is 1.81. The number of benzene rings is 2. The minimum Gasteiger partial charge on any atom is -0.497 e. The van der Waals surface area contributed by atoms with Crippen molar-refractivity contribution in [2.75, 3.05) is 14.2 Å². The molecular weight excluding hydrogens is 383 g/mol. The smallest absolute Gasteiger partial charge is 0.497 e. The molecule has 1 aromatic heterocycles. The minimum absolute atomic E-state index is 0.123. The first kappa shape index (κ1) is 20.5. The van der Waals surface area contributed by atoms with Crippen molar-refractivity contribution in [1.29, 1.82) is 0 Å². The molecule has 0 aliphatic carbocycles. The molecular formula is C23H25BO6. The first-order chi connectivity index (χ1) is 14.1. The minimum atomic E-state index is -0.600. The zero-order valence-electron chi connectivity index (χ0n) is 18.1. The maximum Gasteiger partial charge on any atom is 0.498 e. The number of hydrogen-bond donors (Lipinski definition) is 0. The molecule has 0 saturated carbocycles. The Kier molecular flexibility index (Phi) is 4.91. The molecule has 1 aliphatic rings. The van der Waals surface area contributed by atoms with Crippen LogP contribution in [0, 0.1) is 0 Å². The van der Waals surface area contributed by atoms with E-state index in [1.807, 2.05) is 45.9 Å². The zero-order chi connectivity index (χ0) is 21.7. The molecule has 0 N–H and O–H groups in total. The first-order valence-electron chi connectivity index (χ1n) is 9.81. The molecule has 6 nitrogen and oxygen atoms in total. The van der Waals surface area contributed by atoms with Crippen molar-refractivity contribution in [3.63, 3.8) is 0 Å². The van der Waals surface area contributed by atoms with E-state index in [0.717, 1.165) is 11.0 Å². The Morgan fingerprint density at radius 1 is 0.867 bits per heavy atom. The summed E-state index contributed by atoms with van der Waals surface area (Å²) in [6.45, 7) is 8.00. The molecule has 0 amide bonds. The van der Waals surface area contributed by atoms with Crippen molar-refractivity contribution >= 4 is 23.6 Å². The molecule has 2 aromatic carbocycles. The summed E-state index contributed by atoms with van der Waals surface area (Å²) in [5.41, 5.74) is 0.839. The van der Waals surface area contributed by atoms with Gasteiger partial charge in [-0.2, -0.15) is 0 Å². The van der Waals surface area contributed by atoms with Gasteiger partial charge in [-0.05, 0) is 58.0 Å². The molecule has 4 rings (SSSR count). The van der Waals surface area contributed by atoms with Crippen molar-refractivity contribution < 1.29 is 23.2 Å². The third-order valence-electron chi connectivity index (χ3n) is 5.96. The lowest BCUT2D eigenvalue weighted by Crippen LogP contribution is -2.41. The van der Waals surface area contributed by atoms with Crippen LogP contribution in [-0.4, -0.2) is 32.5 Å². The fourth-order valence-corrected chi connectivity index (χ4v) is 3.45. The van der Waals surface area contributed by atoms with Crippen molar-refractivity contribution in [2.45, 2.75) is 38.9 Å². The lowest BCUT2D eigenvalue weighted by atomic mass is 9.77. The van der Waals surface area contributed by atoms with Gasteiger partial charge in [-0.3, -0.25) is 4.79 Å². The Labute approximate surface area is 175 Å². The van der Waals surface area contributed by atoms with Crippen molar-refractivity contribution in [3.8, 4) is 22.8 Å². The molecule has 0 atom stereocenters. The van der Waals surface area contributed by atoms with Crippen LogP contribution < -0.4 is 20.4 Å². The third-order valence-corrected chi connectivity index (χ3v) is 5.96. The largest absolute Gasteiger partial charge is 0.498 e. The van der Waals surface area contributed by atoms with E-state index < -0.39 is 18.3 Å². The van der Waals surface area contributed by atoms with E-state index in [2.05, 4.69) is 0 Å². The predicted octanol–water partition coefficient (Wildman–Crippen LogP) is 3.78.